The molecule has 0 amide bonds. The van der Waals surface area contributed by atoms with Crippen LogP contribution in [0.2, 0.25) is 5.02 Å². The van der Waals surface area contributed by atoms with Crippen molar-refractivity contribution in [1.82, 2.24) is 4.57 Å². The highest BCUT2D eigenvalue weighted by Gasteiger charge is 2.18. The van der Waals surface area contributed by atoms with Crippen molar-refractivity contribution >= 4 is 38.2 Å². The van der Waals surface area contributed by atoms with Gasteiger partial charge in [-0.25, -0.2) is 18.0 Å². The second-order valence-electron chi connectivity index (χ2n) is 4.98. The molecule has 24 heavy (non-hydrogen) atoms. The van der Waals surface area contributed by atoms with Crippen molar-refractivity contribution in [3.8, 4) is 0 Å². The van der Waals surface area contributed by atoms with Crippen LogP contribution in [0.5, 0.6) is 0 Å². The number of aryl methyl sites for hydroxylation is 1. The Kier molecular flexibility index (Phi) is 3.94. The summed E-state index contributed by atoms with van der Waals surface area (Å²) in [5.74, 6) is -0.822. The third-order valence-electron chi connectivity index (χ3n) is 3.43. The lowest BCUT2D eigenvalue weighted by molar-refractivity contribution is 0.432. The number of fused-ring (bicyclic) bond motifs is 1. The first-order valence-corrected chi connectivity index (χ1v) is 8.57. The van der Waals surface area contributed by atoms with Crippen LogP contribution in [0.15, 0.2) is 61.4 Å². The number of rotatable bonds is 3. The minimum Gasteiger partial charge on any atom is -0.372 e. The highest BCUT2D eigenvalue weighted by molar-refractivity contribution is 7.92. The van der Waals surface area contributed by atoms with Gasteiger partial charge in [-0.2, -0.15) is 0 Å². The number of benzene rings is 2. The predicted octanol–water partition coefficient (Wildman–Crippen LogP) is 1.95. The molecule has 0 fully saturated rings. The van der Waals surface area contributed by atoms with Gasteiger partial charge < -0.3 is 4.42 Å². The first kappa shape index (κ1) is 16.3. The van der Waals surface area contributed by atoms with Gasteiger partial charge in [0.15, 0.2) is 0 Å². The second kappa shape index (κ2) is 5.81. The van der Waals surface area contributed by atoms with E-state index in [2.05, 4.69) is 9.14 Å². The van der Waals surface area contributed by atoms with Gasteiger partial charge in [0.05, 0.1) is 26.5 Å². The molecule has 0 spiro atoms. The van der Waals surface area contributed by atoms with Gasteiger partial charge in [-0.1, -0.05) is 23.7 Å². The Balaban J connectivity index is 2.14. The average molecular weight is 367 g/mol. The first-order chi connectivity index (χ1) is 11.3. The van der Waals surface area contributed by atoms with Crippen LogP contribution in [0, 0.1) is 0 Å². The Bertz CT molecular complexity index is 1160. The molecule has 0 radical (unpaired) electrons. The van der Waals surface area contributed by atoms with Crippen molar-refractivity contribution < 1.29 is 12.8 Å². The number of hydrogen-bond acceptors (Lipinski definition) is 5. The molecule has 2 aromatic carbocycles. The van der Waals surface area contributed by atoms with Crippen molar-refractivity contribution in [2.45, 2.75) is 4.90 Å². The maximum atomic E-state index is 12.5. The fourth-order valence-corrected chi connectivity index (χ4v) is 3.53. The molecule has 0 saturated carbocycles. The monoisotopic (exact) mass is 366 g/mol. The Morgan fingerprint density at radius 2 is 1.83 bits per heavy atom. The maximum absolute atomic E-state index is 12.5. The normalized spacial score (nSPS) is 11.6. The van der Waals surface area contributed by atoms with Crippen LogP contribution >= 0.6 is 11.6 Å². The first-order valence-electron chi connectivity index (χ1n) is 6.71. The van der Waals surface area contributed by atoms with E-state index >= 15 is 0 Å². The highest BCUT2D eigenvalue weighted by atomic mass is 35.5. The van der Waals surface area contributed by atoms with Crippen LogP contribution in [-0.2, 0) is 17.1 Å². The molecule has 0 aliphatic heterocycles. The van der Waals surface area contributed by atoms with Gasteiger partial charge in [0.25, 0.3) is 10.0 Å². The number of nitrogens with zero attached hydrogens (tertiary/aromatic N) is 1. The van der Waals surface area contributed by atoms with Gasteiger partial charge in [-0.15, -0.1) is 0 Å². The Labute approximate surface area is 141 Å². The van der Waals surface area contributed by atoms with Gasteiger partial charge >= 0.3 is 11.4 Å². The molecule has 124 valence electrons. The summed E-state index contributed by atoms with van der Waals surface area (Å²) in [6, 6.07) is 10.2. The van der Waals surface area contributed by atoms with Gasteiger partial charge in [-0.05, 0) is 30.3 Å². The lowest BCUT2D eigenvalue weighted by Gasteiger charge is -2.10. The van der Waals surface area contributed by atoms with Crippen LogP contribution in [0.3, 0.4) is 0 Å². The fourth-order valence-electron chi connectivity index (χ4n) is 2.19. The molecular formula is C15H11ClN2O5S. The zero-order valence-electron chi connectivity index (χ0n) is 12.3. The van der Waals surface area contributed by atoms with Crippen LogP contribution in [-0.4, -0.2) is 13.0 Å². The molecule has 0 aliphatic rings. The van der Waals surface area contributed by atoms with Crippen molar-refractivity contribution in [3.63, 3.8) is 0 Å². The van der Waals surface area contributed by atoms with Crippen molar-refractivity contribution in [1.29, 1.82) is 0 Å². The maximum Gasteiger partial charge on any atom is 0.422 e. The Morgan fingerprint density at radius 3 is 2.54 bits per heavy atom. The zero-order chi connectivity index (χ0) is 17.5. The van der Waals surface area contributed by atoms with E-state index in [1.165, 1.54) is 25.2 Å². The van der Waals surface area contributed by atoms with Gasteiger partial charge in [0.2, 0.25) is 0 Å². The highest BCUT2D eigenvalue weighted by Crippen LogP contribution is 2.24. The number of anilines is 1. The van der Waals surface area contributed by atoms with E-state index in [0.29, 0.717) is 0 Å². The molecule has 0 bridgehead atoms. The van der Waals surface area contributed by atoms with Crippen molar-refractivity contribution in [2.75, 3.05) is 4.72 Å². The lowest BCUT2D eigenvalue weighted by Crippen LogP contribution is -2.23. The zero-order valence-corrected chi connectivity index (χ0v) is 13.9. The summed E-state index contributed by atoms with van der Waals surface area (Å²) >= 11 is 5.95. The van der Waals surface area contributed by atoms with Gasteiger partial charge in [0.1, 0.15) is 0 Å². The number of nitrogens with one attached hydrogen (secondary N) is 1. The summed E-state index contributed by atoms with van der Waals surface area (Å²) in [6.45, 7) is 0. The summed E-state index contributed by atoms with van der Waals surface area (Å²) in [7, 11) is -2.55. The molecular weight excluding hydrogens is 356 g/mol. The van der Waals surface area contributed by atoms with Gasteiger partial charge in [0, 0.05) is 7.05 Å². The SMILES string of the molecule is Cn1c(=O)oc(=O)c2cc(S(=O)(=O)Nc3ccccc3Cl)ccc21. The van der Waals surface area contributed by atoms with E-state index in [4.69, 9.17) is 11.6 Å². The lowest BCUT2D eigenvalue weighted by atomic mass is 10.2. The molecule has 3 aromatic rings. The van der Waals surface area contributed by atoms with Gasteiger partial charge in [-0.3, -0.25) is 9.29 Å². The summed E-state index contributed by atoms with van der Waals surface area (Å²) in [6.07, 6.45) is 0. The smallest absolute Gasteiger partial charge is 0.372 e. The van der Waals surface area contributed by atoms with Crippen LogP contribution in [0.1, 0.15) is 0 Å². The van der Waals surface area contributed by atoms with Crippen LogP contribution in [0.25, 0.3) is 10.9 Å². The standard InChI is InChI=1S/C15H11ClN2O5S/c1-18-13-7-6-9(8-10(13)14(19)23-15(18)20)24(21,22)17-12-5-3-2-4-11(12)16/h2-8,17H,1H3. The van der Waals surface area contributed by atoms with E-state index in [9.17, 15) is 18.0 Å². The Hall–Kier alpha value is -2.58. The molecule has 0 aliphatic carbocycles. The molecule has 0 atom stereocenters. The summed E-state index contributed by atoms with van der Waals surface area (Å²) in [5, 5.41) is 0.225. The van der Waals surface area contributed by atoms with Crippen LogP contribution in [0.4, 0.5) is 5.69 Å². The summed E-state index contributed by atoms with van der Waals surface area (Å²) in [5.41, 5.74) is -0.414. The molecule has 3 rings (SSSR count). The quantitative estimate of drug-likeness (QED) is 0.763. The van der Waals surface area contributed by atoms with E-state index in [1.807, 2.05) is 0 Å². The average Bonchev–Trinajstić information content (AvgIpc) is 2.54. The molecule has 0 saturated heterocycles. The summed E-state index contributed by atoms with van der Waals surface area (Å²) < 4.78 is 33.0. The minimum atomic E-state index is -3.97. The molecule has 7 nitrogen and oxygen atoms in total. The predicted molar refractivity (Wildman–Crippen MR) is 90.0 cm³/mol. The number of para-hydroxylation sites is 1. The summed E-state index contributed by atoms with van der Waals surface area (Å²) in [4.78, 5) is 23.1. The molecule has 1 aromatic heterocycles. The molecule has 1 heterocycles. The topological polar surface area (TPSA) is 98.4 Å². The van der Waals surface area contributed by atoms with E-state index in [0.717, 1.165) is 10.6 Å². The van der Waals surface area contributed by atoms with Crippen molar-refractivity contribution in [3.05, 3.63) is 68.5 Å². The van der Waals surface area contributed by atoms with Crippen LogP contribution < -0.4 is 16.1 Å². The minimum absolute atomic E-state index is 0.0147. The Morgan fingerprint density at radius 1 is 1.12 bits per heavy atom. The number of sulfonamides is 1. The van der Waals surface area contributed by atoms with E-state index < -0.39 is 21.4 Å². The fraction of sp³-hybridized carbons (Fsp3) is 0.0667. The molecule has 1 N–H and O–H groups in total. The van der Waals surface area contributed by atoms with Crippen molar-refractivity contribution in [2.24, 2.45) is 7.05 Å². The third kappa shape index (κ3) is 2.81. The number of hydrogen-bond donors (Lipinski definition) is 1. The third-order valence-corrected chi connectivity index (χ3v) is 5.12. The van der Waals surface area contributed by atoms with E-state index in [1.54, 1.807) is 18.2 Å². The largest absolute Gasteiger partial charge is 0.422 e. The number of halogens is 1. The second-order valence-corrected chi connectivity index (χ2v) is 7.07. The van der Waals surface area contributed by atoms with E-state index in [-0.39, 0.29) is 26.5 Å². The number of aromatic nitrogens is 1. The molecule has 0 unspecified atom stereocenters. The molecule has 9 heteroatoms.